The summed E-state index contributed by atoms with van der Waals surface area (Å²) in [7, 11) is 0. The second kappa shape index (κ2) is 3.07. The molecule has 11 heavy (non-hydrogen) atoms. The zero-order valence-corrected chi connectivity index (χ0v) is 6.65. The summed E-state index contributed by atoms with van der Waals surface area (Å²) in [5.41, 5.74) is -0.345. The number of aromatic nitrogens is 1. The molecule has 0 aromatic carbocycles. The van der Waals surface area contributed by atoms with Crippen molar-refractivity contribution in [3.05, 3.63) is 5.56 Å². The van der Waals surface area contributed by atoms with Crippen molar-refractivity contribution in [1.82, 2.24) is 4.37 Å². The Hall–Kier alpha value is -0.790. The number of hydrogen-bond acceptors (Lipinski definition) is 6. The summed E-state index contributed by atoms with van der Waals surface area (Å²) in [4.78, 5) is 10.3. The predicted molar refractivity (Wildman–Crippen MR) is 39.2 cm³/mol. The van der Waals surface area contributed by atoms with Crippen molar-refractivity contribution < 1.29 is 19.6 Å². The van der Waals surface area contributed by atoms with Gasteiger partial charge in [-0.15, -0.1) is 0 Å². The fraction of sp³-hybridized carbons (Fsp3) is 0. The molecule has 60 valence electrons. The van der Waals surface area contributed by atoms with Crippen LogP contribution in [0.4, 0.5) is 0 Å². The second-order valence-corrected chi connectivity index (χ2v) is 3.19. The molecular weight excluding hydrogens is 190 g/mol. The Bertz CT molecular complexity index is 284. The van der Waals surface area contributed by atoms with Gasteiger partial charge in [-0.05, 0) is 11.5 Å². The molecule has 1 aromatic rings. The molecule has 0 atom stereocenters. The third-order valence-electron chi connectivity index (χ3n) is 0.940. The van der Waals surface area contributed by atoms with Gasteiger partial charge < -0.3 is 14.8 Å². The summed E-state index contributed by atoms with van der Waals surface area (Å²) >= 11 is 0.996. The molecule has 0 fully saturated rings. The fourth-order valence-electron chi connectivity index (χ4n) is 0.513. The standard InChI is InChI=1S/C4H3NO4S2/c6-2-1(3(7)8)4(11-9)10-5-2/h9H,(H,5,6)(H,7,8). The lowest BCUT2D eigenvalue weighted by atomic mass is 10.4. The molecule has 0 saturated carbocycles. The van der Waals surface area contributed by atoms with E-state index in [9.17, 15) is 4.79 Å². The first-order chi connectivity index (χ1) is 5.16. The monoisotopic (exact) mass is 193 g/mol. The molecule has 1 heterocycles. The van der Waals surface area contributed by atoms with E-state index in [1.807, 2.05) is 0 Å². The molecule has 0 aliphatic heterocycles. The van der Waals surface area contributed by atoms with E-state index in [4.69, 9.17) is 14.8 Å². The van der Waals surface area contributed by atoms with E-state index < -0.39 is 11.8 Å². The Labute approximate surface area is 69.7 Å². The van der Waals surface area contributed by atoms with Gasteiger partial charge in [0.15, 0.2) is 0 Å². The summed E-state index contributed by atoms with van der Waals surface area (Å²) < 4.78 is 11.9. The highest BCUT2D eigenvalue weighted by atomic mass is 32.2. The second-order valence-electron chi connectivity index (χ2n) is 1.57. The first kappa shape index (κ1) is 8.31. The van der Waals surface area contributed by atoms with Crippen LogP contribution in [0.2, 0.25) is 0 Å². The van der Waals surface area contributed by atoms with Gasteiger partial charge in [0.25, 0.3) is 0 Å². The molecule has 5 nitrogen and oxygen atoms in total. The van der Waals surface area contributed by atoms with Crippen molar-refractivity contribution in [2.75, 3.05) is 0 Å². The Morgan fingerprint density at radius 3 is 2.64 bits per heavy atom. The smallest absolute Gasteiger partial charge is 0.343 e. The molecule has 1 rings (SSSR count). The van der Waals surface area contributed by atoms with Gasteiger partial charge in [0.05, 0.1) is 0 Å². The van der Waals surface area contributed by atoms with E-state index in [2.05, 4.69) is 4.37 Å². The van der Waals surface area contributed by atoms with Crippen LogP contribution < -0.4 is 0 Å². The van der Waals surface area contributed by atoms with Crippen molar-refractivity contribution in [3.63, 3.8) is 0 Å². The minimum atomic E-state index is -1.30. The van der Waals surface area contributed by atoms with Gasteiger partial charge in [0, 0.05) is 12.0 Å². The maximum atomic E-state index is 10.3. The molecule has 0 spiro atoms. The lowest BCUT2D eigenvalue weighted by Gasteiger charge is -1.90. The quantitative estimate of drug-likeness (QED) is 0.609. The van der Waals surface area contributed by atoms with E-state index >= 15 is 0 Å². The maximum Gasteiger partial charge on any atom is 0.343 e. The summed E-state index contributed by atoms with van der Waals surface area (Å²) in [5.74, 6) is -1.85. The highest BCUT2D eigenvalue weighted by Gasteiger charge is 2.19. The average molecular weight is 193 g/mol. The van der Waals surface area contributed by atoms with Crippen molar-refractivity contribution >= 4 is 29.5 Å². The zero-order valence-electron chi connectivity index (χ0n) is 5.01. The van der Waals surface area contributed by atoms with E-state index in [-0.39, 0.29) is 21.8 Å². The van der Waals surface area contributed by atoms with Crippen molar-refractivity contribution in [3.8, 4) is 5.88 Å². The van der Waals surface area contributed by atoms with Crippen LogP contribution in [-0.4, -0.2) is 25.1 Å². The molecular formula is C4H3NO4S2. The van der Waals surface area contributed by atoms with E-state index in [1.165, 1.54) is 0 Å². The van der Waals surface area contributed by atoms with Gasteiger partial charge in [-0.25, -0.2) is 4.79 Å². The highest BCUT2D eigenvalue weighted by molar-refractivity contribution is 7.95. The van der Waals surface area contributed by atoms with Gasteiger partial charge in [0.2, 0.25) is 5.88 Å². The molecule has 0 unspecified atom stereocenters. The van der Waals surface area contributed by atoms with Crippen LogP contribution in [0.1, 0.15) is 10.4 Å². The zero-order chi connectivity index (χ0) is 8.43. The van der Waals surface area contributed by atoms with Crippen molar-refractivity contribution in [1.29, 1.82) is 0 Å². The number of carbonyl (C=O) groups is 1. The number of aromatic hydroxyl groups is 1. The largest absolute Gasteiger partial charge is 0.492 e. The molecule has 3 N–H and O–H groups in total. The lowest BCUT2D eigenvalue weighted by molar-refractivity contribution is 0.0690. The summed E-state index contributed by atoms with van der Waals surface area (Å²) in [6.07, 6.45) is 0. The Morgan fingerprint density at radius 2 is 2.27 bits per heavy atom. The van der Waals surface area contributed by atoms with Crippen LogP contribution in [0.15, 0.2) is 4.21 Å². The van der Waals surface area contributed by atoms with Crippen LogP contribution in [0.5, 0.6) is 5.88 Å². The van der Waals surface area contributed by atoms with E-state index in [0.29, 0.717) is 0 Å². The average Bonchev–Trinajstić information content (AvgIpc) is 2.30. The minimum Gasteiger partial charge on any atom is -0.492 e. The maximum absolute atomic E-state index is 10.3. The van der Waals surface area contributed by atoms with Gasteiger partial charge in [-0.3, -0.25) is 0 Å². The first-order valence-corrected chi connectivity index (χ1v) is 3.95. The van der Waals surface area contributed by atoms with Gasteiger partial charge in [-0.1, -0.05) is 0 Å². The number of hydrogen-bond donors (Lipinski definition) is 3. The van der Waals surface area contributed by atoms with Crippen LogP contribution >= 0.6 is 23.6 Å². The van der Waals surface area contributed by atoms with Crippen LogP contribution in [0.25, 0.3) is 0 Å². The molecule has 0 saturated heterocycles. The summed E-state index contributed by atoms with van der Waals surface area (Å²) in [6, 6.07) is 0. The normalized spacial score (nSPS) is 9.91. The number of rotatable bonds is 2. The van der Waals surface area contributed by atoms with Crippen molar-refractivity contribution in [2.45, 2.75) is 4.21 Å². The number of aromatic carboxylic acids is 1. The number of carboxylic acids is 1. The third-order valence-corrected chi connectivity index (χ3v) is 2.39. The van der Waals surface area contributed by atoms with Crippen LogP contribution in [0.3, 0.4) is 0 Å². The highest BCUT2D eigenvalue weighted by Crippen LogP contribution is 2.31. The molecule has 1 aromatic heterocycles. The van der Waals surface area contributed by atoms with Gasteiger partial charge in [0.1, 0.15) is 9.77 Å². The molecule has 0 amide bonds. The van der Waals surface area contributed by atoms with E-state index in [0.717, 1.165) is 11.5 Å². The minimum absolute atomic E-state index is 0.0787. The summed E-state index contributed by atoms with van der Waals surface area (Å²) in [6.45, 7) is 0. The Morgan fingerprint density at radius 1 is 1.64 bits per heavy atom. The summed E-state index contributed by atoms with van der Waals surface area (Å²) in [5, 5.41) is 17.3. The number of nitrogens with zero attached hydrogens (tertiary/aromatic N) is 1. The van der Waals surface area contributed by atoms with Crippen LogP contribution in [0, 0.1) is 0 Å². The van der Waals surface area contributed by atoms with Crippen molar-refractivity contribution in [2.24, 2.45) is 0 Å². The van der Waals surface area contributed by atoms with E-state index in [1.54, 1.807) is 0 Å². The Kier molecular flexibility index (Phi) is 2.32. The lowest BCUT2D eigenvalue weighted by Crippen LogP contribution is -1.95. The first-order valence-electron chi connectivity index (χ1n) is 2.40. The Balaban J connectivity index is 3.17. The SMILES string of the molecule is O=C(O)c1c(O)nsc1SO. The predicted octanol–water partition coefficient (Wildman–Crippen LogP) is 1.11. The van der Waals surface area contributed by atoms with Crippen LogP contribution in [-0.2, 0) is 0 Å². The molecule has 0 bridgehead atoms. The molecule has 0 aliphatic carbocycles. The fourth-order valence-corrected chi connectivity index (χ4v) is 1.56. The topological polar surface area (TPSA) is 90.7 Å². The molecule has 0 radical (unpaired) electrons. The van der Waals surface area contributed by atoms with Gasteiger partial charge >= 0.3 is 5.97 Å². The molecule has 0 aliphatic rings. The molecule has 7 heteroatoms. The third kappa shape index (κ3) is 1.44. The number of carboxylic acid groups (broad SMARTS) is 1. The van der Waals surface area contributed by atoms with Gasteiger partial charge in [-0.2, -0.15) is 4.37 Å².